The van der Waals surface area contributed by atoms with Crippen LogP contribution in [0.15, 0.2) is 36.2 Å². The number of hydrogen-bond donors (Lipinski definition) is 2. The van der Waals surface area contributed by atoms with E-state index in [1.54, 1.807) is 0 Å². The lowest BCUT2D eigenvalue weighted by Gasteiger charge is -2.04. The first-order valence-corrected chi connectivity index (χ1v) is 4.64. The van der Waals surface area contributed by atoms with Crippen LogP contribution in [-0.2, 0) is 0 Å². The Morgan fingerprint density at radius 2 is 2.00 bits per heavy atom. The highest BCUT2D eigenvalue weighted by Gasteiger charge is 2.02. The smallest absolute Gasteiger partial charge is 0.335 e. The number of nitrogens with two attached hydrogens (primary N) is 1. The topological polar surface area (TPSA) is 72.5 Å². The lowest BCUT2D eigenvalue weighted by atomic mass is 10.2. The van der Waals surface area contributed by atoms with Gasteiger partial charge in [0.25, 0.3) is 0 Å². The van der Waals surface area contributed by atoms with Crippen molar-refractivity contribution in [1.29, 1.82) is 0 Å². The molecule has 0 bridgehead atoms. The highest BCUT2D eigenvalue weighted by atomic mass is 35.5. The molecule has 0 saturated carbocycles. The van der Waals surface area contributed by atoms with Gasteiger partial charge in [-0.1, -0.05) is 0 Å². The molecule has 0 heterocycles. The van der Waals surface area contributed by atoms with E-state index in [2.05, 4.69) is 0 Å². The lowest BCUT2D eigenvalue weighted by molar-refractivity contribution is 0.0697. The molecule has 0 unspecified atom stereocenters. The second-order valence-corrected chi connectivity index (χ2v) is 3.00. The van der Waals surface area contributed by atoms with Gasteiger partial charge in [0.2, 0.25) is 0 Å². The Morgan fingerprint density at radius 3 is 2.47 bits per heavy atom. The van der Waals surface area contributed by atoms with Crippen molar-refractivity contribution in [3.8, 4) is 5.75 Å². The predicted molar refractivity (Wildman–Crippen MR) is 64.4 cm³/mol. The van der Waals surface area contributed by atoms with Crippen molar-refractivity contribution in [3.63, 3.8) is 0 Å². The summed E-state index contributed by atoms with van der Waals surface area (Å²) in [7, 11) is 0. The maximum Gasteiger partial charge on any atom is 0.335 e. The van der Waals surface area contributed by atoms with E-state index in [0.29, 0.717) is 5.75 Å². The maximum absolute atomic E-state index is 12.9. The summed E-state index contributed by atoms with van der Waals surface area (Å²) >= 11 is 0. The maximum atomic E-state index is 12.9. The standard InChI is InChI=1S/C11H12FNO3.ClH/c12-9(5-6-13)7-16-10-3-1-8(2-4-10)11(14)15;/h1-5H,6-7,13H2,(H,14,15);1H. The van der Waals surface area contributed by atoms with Gasteiger partial charge >= 0.3 is 5.97 Å². The molecule has 3 N–H and O–H groups in total. The predicted octanol–water partition coefficient (Wildman–Crippen LogP) is 2.00. The first kappa shape index (κ1) is 15.4. The Kier molecular flexibility index (Phi) is 6.93. The van der Waals surface area contributed by atoms with Crippen LogP contribution in [0.1, 0.15) is 10.4 Å². The molecule has 1 rings (SSSR count). The minimum atomic E-state index is -1.01. The summed E-state index contributed by atoms with van der Waals surface area (Å²) in [5.41, 5.74) is 5.27. The third kappa shape index (κ3) is 5.33. The second kappa shape index (κ2) is 7.65. The molecular weight excluding hydrogens is 249 g/mol. The zero-order valence-corrected chi connectivity index (χ0v) is 9.74. The number of ether oxygens (including phenoxy) is 1. The Labute approximate surface area is 104 Å². The van der Waals surface area contributed by atoms with Gasteiger partial charge in [-0.15, -0.1) is 12.4 Å². The van der Waals surface area contributed by atoms with Crippen LogP contribution in [0.2, 0.25) is 0 Å². The van der Waals surface area contributed by atoms with Crippen LogP contribution in [0.4, 0.5) is 4.39 Å². The molecule has 1 aromatic carbocycles. The van der Waals surface area contributed by atoms with Crippen molar-refractivity contribution < 1.29 is 19.0 Å². The Hall–Kier alpha value is -1.59. The summed E-state index contributed by atoms with van der Waals surface area (Å²) in [5.74, 6) is -1.06. The normalized spacial score (nSPS) is 10.6. The molecule has 0 aliphatic rings. The van der Waals surface area contributed by atoms with Crippen LogP contribution >= 0.6 is 12.4 Å². The Balaban J connectivity index is 0.00000256. The number of carboxylic acid groups (broad SMARTS) is 1. The molecule has 0 aliphatic carbocycles. The van der Waals surface area contributed by atoms with Gasteiger partial charge in [0.1, 0.15) is 18.2 Å². The van der Waals surface area contributed by atoms with Gasteiger partial charge in [0.15, 0.2) is 0 Å². The molecule has 0 atom stereocenters. The SMILES string of the molecule is Cl.NCC=C(F)COc1ccc(C(=O)O)cc1. The van der Waals surface area contributed by atoms with E-state index in [4.69, 9.17) is 15.6 Å². The van der Waals surface area contributed by atoms with E-state index >= 15 is 0 Å². The summed E-state index contributed by atoms with van der Waals surface area (Å²) in [6.45, 7) is -0.0865. The highest BCUT2D eigenvalue weighted by molar-refractivity contribution is 5.87. The molecule has 0 amide bonds. The summed E-state index contributed by atoms with van der Waals surface area (Å²) in [6.07, 6.45) is 1.21. The van der Waals surface area contributed by atoms with E-state index in [-0.39, 0.29) is 31.1 Å². The molecule has 0 fully saturated rings. The Bertz CT molecular complexity index is 392. The first-order valence-electron chi connectivity index (χ1n) is 4.64. The fraction of sp³-hybridized carbons (Fsp3) is 0.182. The average molecular weight is 262 g/mol. The zero-order valence-electron chi connectivity index (χ0n) is 8.93. The average Bonchev–Trinajstić information content (AvgIpc) is 2.27. The molecule has 0 spiro atoms. The third-order valence-corrected chi connectivity index (χ3v) is 1.82. The third-order valence-electron chi connectivity index (χ3n) is 1.82. The number of halogens is 2. The van der Waals surface area contributed by atoms with Gasteiger partial charge in [-0.25, -0.2) is 9.18 Å². The molecule has 0 aliphatic heterocycles. The van der Waals surface area contributed by atoms with E-state index in [1.807, 2.05) is 0 Å². The van der Waals surface area contributed by atoms with Crippen molar-refractivity contribution >= 4 is 18.4 Å². The summed E-state index contributed by atoms with van der Waals surface area (Å²) in [6, 6.07) is 5.72. The van der Waals surface area contributed by atoms with Gasteiger partial charge in [0, 0.05) is 6.54 Å². The number of rotatable bonds is 5. The number of benzene rings is 1. The monoisotopic (exact) mass is 261 g/mol. The summed E-state index contributed by atoms with van der Waals surface area (Å²) in [4.78, 5) is 10.5. The molecule has 17 heavy (non-hydrogen) atoms. The lowest BCUT2D eigenvalue weighted by Crippen LogP contribution is -2.02. The van der Waals surface area contributed by atoms with Gasteiger partial charge < -0.3 is 15.6 Å². The van der Waals surface area contributed by atoms with Gasteiger partial charge in [-0.05, 0) is 30.3 Å². The quantitative estimate of drug-likeness (QED) is 0.850. The van der Waals surface area contributed by atoms with E-state index in [0.717, 1.165) is 0 Å². The number of carboxylic acids is 1. The van der Waals surface area contributed by atoms with E-state index in [1.165, 1.54) is 30.3 Å². The molecule has 0 radical (unpaired) electrons. The molecule has 1 aromatic rings. The second-order valence-electron chi connectivity index (χ2n) is 3.00. The largest absolute Gasteiger partial charge is 0.487 e. The molecule has 0 saturated heterocycles. The van der Waals surface area contributed by atoms with Crippen molar-refractivity contribution in [1.82, 2.24) is 0 Å². The van der Waals surface area contributed by atoms with Gasteiger partial charge in [0.05, 0.1) is 5.56 Å². The first-order chi connectivity index (χ1) is 7.63. The van der Waals surface area contributed by atoms with Crippen molar-refractivity contribution in [2.24, 2.45) is 5.73 Å². The molecule has 94 valence electrons. The molecule has 0 aromatic heterocycles. The van der Waals surface area contributed by atoms with Crippen LogP contribution in [0, 0.1) is 0 Å². The number of carbonyl (C=O) groups is 1. The van der Waals surface area contributed by atoms with Crippen molar-refractivity contribution in [2.45, 2.75) is 0 Å². The molecule has 6 heteroatoms. The van der Waals surface area contributed by atoms with Crippen molar-refractivity contribution in [3.05, 3.63) is 41.7 Å². The Morgan fingerprint density at radius 1 is 1.41 bits per heavy atom. The highest BCUT2D eigenvalue weighted by Crippen LogP contribution is 2.13. The number of aromatic carboxylic acids is 1. The van der Waals surface area contributed by atoms with E-state index in [9.17, 15) is 9.18 Å². The minimum absolute atomic E-state index is 0. The minimum Gasteiger partial charge on any atom is -0.487 e. The fourth-order valence-corrected chi connectivity index (χ4v) is 1.03. The van der Waals surface area contributed by atoms with Crippen LogP contribution in [0.5, 0.6) is 5.75 Å². The van der Waals surface area contributed by atoms with Crippen LogP contribution in [0.25, 0.3) is 0 Å². The summed E-state index contributed by atoms with van der Waals surface area (Å²) < 4.78 is 17.9. The summed E-state index contributed by atoms with van der Waals surface area (Å²) in [5, 5.41) is 8.64. The molecule has 4 nitrogen and oxygen atoms in total. The van der Waals surface area contributed by atoms with Crippen LogP contribution < -0.4 is 10.5 Å². The number of hydrogen-bond acceptors (Lipinski definition) is 3. The van der Waals surface area contributed by atoms with E-state index < -0.39 is 11.8 Å². The van der Waals surface area contributed by atoms with Crippen LogP contribution in [0.3, 0.4) is 0 Å². The fourth-order valence-electron chi connectivity index (χ4n) is 1.03. The van der Waals surface area contributed by atoms with Gasteiger partial charge in [-0.2, -0.15) is 0 Å². The van der Waals surface area contributed by atoms with Crippen molar-refractivity contribution in [2.75, 3.05) is 13.2 Å². The van der Waals surface area contributed by atoms with Gasteiger partial charge in [-0.3, -0.25) is 0 Å². The van der Waals surface area contributed by atoms with Crippen LogP contribution in [-0.4, -0.2) is 24.2 Å². The molecular formula is C11H13ClFNO3. The zero-order chi connectivity index (χ0) is 12.0.